The Labute approximate surface area is 748 Å². The number of nitrogens with zero attached hydrogens (tertiary/aromatic N) is 2. The first-order valence-corrected chi connectivity index (χ1v) is 37.5. The van der Waals surface area contributed by atoms with Gasteiger partial charge in [-0.3, -0.25) is 33.8 Å². The number of nitrogens with two attached hydrogens (primary N) is 1. The Hall–Kier alpha value is -3.17. The van der Waals surface area contributed by atoms with Crippen molar-refractivity contribution < 1.29 is 191 Å². The predicted molar refractivity (Wildman–Crippen MR) is 410 cm³/mol. The van der Waals surface area contributed by atoms with E-state index in [1.54, 1.807) is 114 Å². The molecule has 6 aromatic rings. The molecule has 103 heavy (non-hydrogen) atoms. The second kappa shape index (κ2) is 54.4. The van der Waals surface area contributed by atoms with Gasteiger partial charge in [-0.15, -0.1) is 0 Å². The number of ether oxygens (including phenoxy) is 7. The molecule has 0 radical (unpaired) electrons. The van der Waals surface area contributed by atoms with Crippen LogP contribution in [-0.2, 0) is 28.6 Å². The quantitative estimate of drug-likeness (QED) is 0.00543. The van der Waals surface area contributed by atoms with Gasteiger partial charge in [0, 0.05) is 51.8 Å². The van der Waals surface area contributed by atoms with Crippen LogP contribution in [0.25, 0.3) is 0 Å². The molecule has 2 heterocycles. The van der Waals surface area contributed by atoms with Crippen LogP contribution in [0.4, 0.5) is 14.4 Å². The summed E-state index contributed by atoms with van der Waals surface area (Å²) in [7, 11) is 0. The minimum absolute atomic E-state index is 0. The Morgan fingerprint density at radius 2 is 0.816 bits per heavy atom. The van der Waals surface area contributed by atoms with E-state index in [2.05, 4.69) is 126 Å². The van der Waals surface area contributed by atoms with Gasteiger partial charge in [-0.1, -0.05) is 136 Å². The number of hydrogen-bond donors (Lipinski definition) is 3. The molecule has 8 rings (SSSR count). The summed E-state index contributed by atoms with van der Waals surface area (Å²) >= 11 is 23.6. The fraction of sp³-hybridized carbons (Fsp3) is 0.389. The number of phenolic OH excluding ortho intramolecular Hbond substituents is 1. The number of alkyl halides is 1. The predicted octanol–water partition coefficient (Wildman–Crippen LogP) is 12.2. The average Bonchev–Trinajstić information content (AvgIpc) is 1.65. The second-order valence-corrected chi connectivity index (χ2v) is 30.5. The van der Waals surface area contributed by atoms with Gasteiger partial charge in [0.25, 0.3) is 30.1 Å². The number of carbonyl (C=O) groups excluding carboxylic acids is 8. The molecule has 0 saturated heterocycles. The molecule has 6 aromatic carbocycles. The largest absolute Gasteiger partial charge is 1.00 e. The molecule has 0 unspecified atom stereocenters. The number of nitrogens with one attached hydrogen (secondary N) is 1. The van der Waals surface area contributed by atoms with E-state index in [1.807, 2.05) is 81.4 Å². The molecule has 0 fully saturated rings. The molecule has 0 atom stereocenters. The van der Waals surface area contributed by atoms with Gasteiger partial charge in [-0.25, -0.2) is 14.4 Å². The van der Waals surface area contributed by atoms with Crippen molar-refractivity contribution in [2.45, 2.75) is 130 Å². The third kappa shape index (κ3) is 45.4. The zero-order chi connectivity index (χ0) is 75.7. The third-order valence-electron chi connectivity index (χ3n) is 12.2. The van der Waals surface area contributed by atoms with E-state index in [0.717, 1.165) is 114 Å². The first-order chi connectivity index (χ1) is 47.6. The molecule has 0 bridgehead atoms. The molecule has 2 aliphatic rings. The number of alkyl carbamates (subject to hydrolysis) is 1. The van der Waals surface area contributed by atoms with Gasteiger partial charge in [0.2, 0.25) is 0 Å². The molecular formula is C72H87Br7K2N4O18. The number of rotatable bonds is 22. The van der Waals surface area contributed by atoms with Crippen LogP contribution in [0.3, 0.4) is 0 Å². The van der Waals surface area contributed by atoms with Gasteiger partial charge in [-0.05, 0) is 229 Å². The fourth-order valence-electron chi connectivity index (χ4n) is 7.97. The summed E-state index contributed by atoms with van der Waals surface area (Å²) in [4.78, 5) is 95.5. The minimum atomic E-state index is -1.06. The van der Waals surface area contributed by atoms with Crippen LogP contribution >= 0.6 is 112 Å². The van der Waals surface area contributed by atoms with Gasteiger partial charge in [0.15, 0.2) is 0 Å². The van der Waals surface area contributed by atoms with Crippen molar-refractivity contribution in [1.82, 2.24) is 15.1 Å². The average molecular weight is 1930 g/mol. The number of amides is 5. The van der Waals surface area contributed by atoms with E-state index in [9.17, 15) is 33.6 Å². The summed E-state index contributed by atoms with van der Waals surface area (Å²) in [5, 5.41) is 20.8. The van der Waals surface area contributed by atoms with E-state index >= 15 is 0 Å². The number of fused-ring (bicyclic) bond motifs is 2. The molecule has 0 spiro atoms. The molecule has 4 N–H and O–H groups in total. The zero-order valence-corrected chi connectivity index (χ0v) is 76.9. The van der Waals surface area contributed by atoms with E-state index in [1.165, 1.54) is 9.80 Å². The SMILES string of the molecule is CC(C)(C)OC(=O)NCCCCOc1cc(Br)cc(Br)c1.CC(C)(C)OC(=O)OC(=O)OC(C)(C)C.NCCCCOc1cc(Br)cc(Br)c1.O=C1c2ccccc2C(=O)N1CCCCBr.O=C1c2ccccc2C(=O)N1CCCCOc1ccc(Br)cc1.O=CO[O-].Oc1ccc(Br)cc1.[H-].[K+].[K+]. The van der Waals surface area contributed by atoms with Crippen molar-refractivity contribution >= 4 is 160 Å². The van der Waals surface area contributed by atoms with Crippen molar-refractivity contribution in [3.8, 4) is 23.0 Å². The number of imide groups is 2. The smallest absolute Gasteiger partial charge is 1.00 e. The number of aromatic hydroxyl groups is 1. The van der Waals surface area contributed by atoms with Crippen molar-refractivity contribution in [3.63, 3.8) is 0 Å². The minimum Gasteiger partial charge on any atom is -1.00 e. The summed E-state index contributed by atoms with van der Waals surface area (Å²) in [6.45, 7) is 19.5. The van der Waals surface area contributed by atoms with Crippen molar-refractivity contribution in [3.05, 3.63) is 183 Å². The van der Waals surface area contributed by atoms with Gasteiger partial charge < -0.3 is 60.9 Å². The number of hydrogen-bond acceptors (Lipinski definition) is 19. The molecule has 31 heteroatoms. The van der Waals surface area contributed by atoms with Gasteiger partial charge in [0.05, 0.1) is 42.1 Å². The first kappa shape index (κ1) is 99.8. The maximum absolute atomic E-state index is 12.2. The molecule has 0 saturated carbocycles. The van der Waals surface area contributed by atoms with Crippen LogP contribution in [0.15, 0.2) is 160 Å². The maximum atomic E-state index is 12.2. The molecule has 5 amide bonds. The van der Waals surface area contributed by atoms with Crippen LogP contribution in [-0.4, -0.2) is 132 Å². The summed E-state index contributed by atoms with van der Waals surface area (Å²) in [5.74, 6) is 2.10. The van der Waals surface area contributed by atoms with Crippen molar-refractivity contribution in [2.24, 2.45) is 5.73 Å². The first-order valence-electron chi connectivity index (χ1n) is 31.6. The third-order valence-corrected chi connectivity index (χ3v) is 15.7. The van der Waals surface area contributed by atoms with Crippen molar-refractivity contribution in [1.29, 1.82) is 0 Å². The number of carbonyl (C=O) groups is 8. The number of phenols is 1. The number of benzene rings is 6. The standard InChI is InChI=1S/C18H16BrNO3.C15H21Br2NO3.C12H12BrNO2.C10H13Br2NO.C10H18O5.C6H5BrO.CH2O3.2K.H/c19-13-7-9-14(10-8-13)23-12-4-3-11-20-17(21)15-5-1-2-6-16(15)18(20)22;1-15(2,3)21-14(19)18-6-4-5-7-20-13-9-11(16)8-12(17)10-13;13-7-3-4-8-14-11(15)9-5-1-2-6-10(9)12(14)16;11-8-5-9(12)7-10(6-8)14-4-2-1-3-13;1-9(2,3)14-7(11)13-8(12)15-10(4,5)6;7-5-1-3-6(8)4-2-5;2-1-4-3;;;/h1-2,5-10H,3-4,11-12H2;8-10H,4-7H2,1-3H3,(H,18,19);1-2,5-6H,3-4,7-8H2;5-7H,1-4,13H2;1-6H3;1-4,8H;1,3H;;;/q;;;;;;;2*+1;-1/p-1. The Morgan fingerprint density at radius 1 is 0.485 bits per heavy atom. The topological polar surface area (TPSA) is 298 Å². The van der Waals surface area contributed by atoms with Crippen LogP contribution in [0.5, 0.6) is 23.0 Å². The Morgan fingerprint density at radius 3 is 1.15 bits per heavy atom. The maximum Gasteiger partial charge on any atom is 1.00 e. The van der Waals surface area contributed by atoms with Crippen LogP contribution in [0.2, 0.25) is 0 Å². The Bertz CT molecular complexity index is 3420. The van der Waals surface area contributed by atoms with Crippen LogP contribution in [0, 0.1) is 0 Å². The molecule has 2 aliphatic heterocycles. The van der Waals surface area contributed by atoms with E-state index < -0.39 is 29.1 Å². The van der Waals surface area contributed by atoms with Crippen LogP contribution in [0.1, 0.15) is 157 Å². The molecule has 0 aliphatic carbocycles. The summed E-state index contributed by atoms with van der Waals surface area (Å²) in [6.07, 6.45) is 4.53. The zero-order valence-electron chi connectivity index (χ0n) is 60.6. The van der Waals surface area contributed by atoms with E-state index in [-0.39, 0.29) is 140 Å². The summed E-state index contributed by atoms with van der Waals surface area (Å²) in [5.41, 5.74) is 5.61. The fourth-order valence-corrected chi connectivity index (χ4v) is 11.4. The van der Waals surface area contributed by atoms with Gasteiger partial charge >= 0.3 is 121 Å². The van der Waals surface area contributed by atoms with Crippen molar-refractivity contribution in [2.75, 3.05) is 51.3 Å². The molecule has 554 valence electrons. The second-order valence-electron chi connectivity index (χ2n) is 24.3. The molecule has 0 aromatic heterocycles. The monoisotopic (exact) mass is 1930 g/mol. The molecular weight excluding hydrogens is 1850 g/mol. The summed E-state index contributed by atoms with van der Waals surface area (Å²) in [6, 6.07) is 40.1. The molecule has 22 nitrogen and oxygen atoms in total. The van der Waals surface area contributed by atoms with E-state index in [0.29, 0.717) is 60.9 Å². The summed E-state index contributed by atoms with van der Waals surface area (Å²) < 4.78 is 41.7. The van der Waals surface area contributed by atoms with Gasteiger partial charge in [-0.2, -0.15) is 0 Å². The normalized spacial score (nSPS) is 11.5. The van der Waals surface area contributed by atoms with Crippen LogP contribution < -0.4 is 133 Å². The Balaban J connectivity index is 0. The van der Waals surface area contributed by atoms with Gasteiger partial charge in [0.1, 0.15) is 39.8 Å². The number of halogens is 7. The van der Waals surface area contributed by atoms with E-state index in [4.69, 9.17) is 49.3 Å². The Kier molecular flexibility index (Phi) is 52.8. The number of unbranched alkanes of at least 4 members (excludes halogenated alkanes) is 4.